The van der Waals surface area contributed by atoms with Crippen LogP contribution in [0, 0.1) is 18.3 Å². The number of ether oxygens (including phenoxy) is 1. The van der Waals surface area contributed by atoms with Crippen LogP contribution < -0.4 is 10.3 Å². The highest BCUT2D eigenvalue weighted by Gasteiger charge is 2.18. The van der Waals surface area contributed by atoms with E-state index in [4.69, 9.17) is 4.74 Å². The third kappa shape index (κ3) is 4.13. The molecule has 0 saturated heterocycles. The zero-order valence-electron chi connectivity index (χ0n) is 17.1. The molecule has 0 saturated carbocycles. The van der Waals surface area contributed by atoms with Crippen LogP contribution in [-0.4, -0.2) is 15.5 Å². The van der Waals surface area contributed by atoms with E-state index in [2.05, 4.69) is 0 Å². The second-order valence-electron chi connectivity index (χ2n) is 7.19. The number of carbonyl (C=O) groups excluding carboxylic acids is 1. The zero-order valence-corrected chi connectivity index (χ0v) is 17.1. The Kier molecular flexibility index (Phi) is 5.56. The minimum Gasteiger partial charge on any atom is -0.507 e. The fraction of sp³-hybridized carbons (Fsp3) is 0.0385. The molecule has 4 rings (SSSR count). The Balaban J connectivity index is 1.73. The van der Waals surface area contributed by atoms with E-state index in [1.165, 1.54) is 22.9 Å². The standard InChI is InChI=1S/C26H18N2O4/c1-17-7-12-24(29)23(13-17)25(30)19-14-18(15-27)26(31)28(16-19)20-8-10-22(11-9-20)32-21-5-3-2-4-6-21/h2-14,16,29H,1H3. The third-order valence-electron chi connectivity index (χ3n) is 4.89. The van der Waals surface area contributed by atoms with Gasteiger partial charge in [-0.3, -0.25) is 14.2 Å². The Morgan fingerprint density at radius 2 is 1.66 bits per heavy atom. The van der Waals surface area contributed by atoms with Gasteiger partial charge >= 0.3 is 0 Å². The Hall–Kier alpha value is -4.63. The number of aryl methyl sites for hydroxylation is 1. The van der Waals surface area contributed by atoms with Crippen LogP contribution in [-0.2, 0) is 0 Å². The van der Waals surface area contributed by atoms with E-state index in [9.17, 15) is 20.0 Å². The summed E-state index contributed by atoms with van der Waals surface area (Å²) >= 11 is 0. The zero-order chi connectivity index (χ0) is 22.7. The number of para-hydroxylation sites is 1. The van der Waals surface area contributed by atoms with E-state index >= 15 is 0 Å². The van der Waals surface area contributed by atoms with Crippen LogP contribution in [0.5, 0.6) is 17.2 Å². The molecule has 1 aromatic heterocycles. The number of ketones is 1. The van der Waals surface area contributed by atoms with E-state index in [0.29, 0.717) is 17.2 Å². The molecule has 3 aromatic carbocycles. The highest BCUT2D eigenvalue weighted by molar-refractivity contribution is 6.10. The predicted molar refractivity (Wildman–Crippen MR) is 120 cm³/mol. The van der Waals surface area contributed by atoms with Gasteiger partial charge in [0.25, 0.3) is 5.56 Å². The van der Waals surface area contributed by atoms with Crippen molar-refractivity contribution >= 4 is 5.78 Å². The lowest BCUT2D eigenvalue weighted by Gasteiger charge is -2.11. The largest absolute Gasteiger partial charge is 0.507 e. The molecule has 0 aliphatic carbocycles. The van der Waals surface area contributed by atoms with Crippen molar-refractivity contribution in [3.8, 4) is 29.0 Å². The first-order chi connectivity index (χ1) is 15.5. The number of nitriles is 1. The number of carbonyl (C=O) groups is 1. The maximum absolute atomic E-state index is 13.0. The van der Waals surface area contributed by atoms with Gasteiger partial charge in [-0.15, -0.1) is 0 Å². The topological polar surface area (TPSA) is 92.3 Å². The second-order valence-corrected chi connectivity index (χ2v) is 7.19. The predicted octanol–water partition coefficient (Wildman–Crippen LogP) is 4.75. The number of aromatic nitrogens is 1. The van der Waals surface area contributed by atoms with Gasteiger partial charge in [-0.05, 0) is 61.5 Å². The lowest BCUT2D eigenvalue weighted by molar-refractivity contribution is 0.103. The number of hydrogen-bond acceptors (Lipinski definition) is 5. The van der Waals surface area contributed by atoms with Crippen LogP contribution in [0.3, 0.4) is 0 Å². The summed E-state index contributed by atoms with van der Waals surface area (Å²) < 4.78 is 7.01. The number of aromatic hydroxyl groups is 1. The summed E-state index contributed by atoms with van der Waals surface area (Å²) in [6.45, 7) is 1.80. The van der Waals surface area contributed by atoms with Crippen molar-refractivity contribution in [1.29, 1.82) is 5.26 Å². The molecule has 1 N–H and O–H groups in total. The summed E-state index contributed by atoms with van der Waals surface area (Å²) in [5.41, 5.74) is 0.767. The number of hydrogen-bond donors (Lipinski definition) is 1. The quantitative estimate of drug-likeness (QED) is 0.469. The summed E-state index contributed by atoms with van der Waals surface area (Å²) in [4.78, 5) is 25.8. The van der Waals surface area contributed by atoms with E-state index in [1.807, 2.05) is 36.4 Å². The molecule has 0 radical (unpaired) electrons. The minimum atomic E-state index is -0.547. The smallest absolute Gasteiger partial charge is 0.273 e. The number of phenolic OH excluding ortho intramolecular Hbond substituents is 1. The molecular weight excluding hydrogens is 404 g/mol. The van der Waals surface area contributed by atoms with Gasteiger partial charge in [-0.2, -0.15) is 5.26 Å². The first-order valence-corrected chi connectivity index (χ1v) is 9.81. The third-order valence-corrected chi connectivity index (χ3v) is 4.89. The number of pyridine rings is 1. The minimum absolute atomic E-state index is 0.102. The van der Waals surface area contributed by atoms with E-state index in [1.54, 1.807) is 43.3 Å². The van der Waals surface area contributed by atoms with Gasteiger partial charge in [0.2, 0.25) is 0 Å². The van der Waals surface area contributed by atoms with E-state index in [-0.39, 0.29) is 22.4 Å². The van der Waals surface area contributed by atoms with E-state index in [0.717, 1.165) is 5.56 Å². The van der Waals surface area contributed by atoms with Gasteiger partial charge in [-0.1, -0.05) is 29.8 Å². The Morgan fingerprint density at radius 3 is 2.34 bits per heavy atom. The summed E-state index contributed by atoms with van der Waals surface area (Å²) in [6, 6.07) is 23.8. The SMILES string of the molecule is Cc1ccc(O)c(C(=O)c2cc(C#N)c(=O)n(-c3ccc(Oc4ccccc4)cc3)c2)c1. The average Bonchev–Trinajstić information content (AvgIpc) is 2.81. The van der Waals surface area contributed by atoms with Gasteiger partial charge in [0.1, 0.15) is 28.9 Å². The Morgan fingerprint density at radius 1 is 0.969 bits per heavy atom. The molecule has 0 unspecified atom stereocenters. The summed E-state index contributed by atoms with van der Waals surface area (Å²) in [5.74, 6) is 0.597. The molecule has 0 amide bonds. The maximum Gasteiger partial charge on any atom is 0.273 e. The van der Waals surface area contributed by atoms with Gasteiger partial charge < -0.3 is 9.84 Å². The lowest BCUT2D eigenvalue weighted by atomic mass is 10.0. The number of nitrogens with zero attached hydrogens (tertiary/aromatic N) is 2. The fourth-order valence-corrected chi connectivity index (χ4v) is 3.26. The molecule has 1 heterocycles. The van der Waals surface area contributed by atoms with Crippen molar-refractivity contribution in [3.63, 3.8) is 0 Å². The van der Waals surface area contributed by atoms with Gasteiger partial charge in [0, 0.05) is 17.4 Å². The molecule has 156 valence electrons. The Labute approximate surface area is 184 Å². The lowest BCUT2D eigenvalue weighted by Crippen LogP contribution is -2.22. The molecule has 6 heteroatoms. The van der Waals surface area contributed by atoms with Crippen molar-refractivity contribution in [2.24, 2.45) is 0 Å². The van der Waals surface area contributed by atoms with Crippen molar-refractivity contribution in [3.05, 3.63) is 118 Å². The molecule has 0 bridgehead atoms. The van der Waals surface area contributed by atoms with Gasteiger partial charge in [0.15, 0.2) is 5.78 Å². The normalized spacial score (nSPS) is 10.4. The highest BCUT2D eigenvalue weighted by atomic mass is 16.5. The summed E-state index contributed by atoms with van der Waals surface area (Å²) in [5, 5.41) is 19.5. The van der Waals surface area contributed by atoms with Crippen molar-refractivity contribution < 1.29 is 14.6 Å². The first-order valence-electron chi connectivity index (χ1n) is 9.81. The van der Waals surface area contributed by atoms with Crippen molar-refractivity contribution in [2.45, 2.75) is 6.92 Å². The Bertz CT molecular complexity index is 1400. The maximum atomic E-state index is 13.0. The second kappa shape index (κ2) is 8.62. The molecule has 0 fully saturated rings. The molecule has 0 aliphatic rings. The van der Waals surface area contributed by atoms with Crippen LogP contribution in [0.15, 0.2) is 89.9 Å². The van der Waals surface area contributed by atoms with Crippen molar-refractivity contribution in [2.75, 3.05) is 0 Å². The summed E-state index contributed by atoms with van der Waals surface area (Å²) in [6.07, 6.45) is 1.38. The molecule has 4 aromatic rings. The monoisotopic (exact) mass is 422 g/mol. The van der Waals surface area contributed by atoms with Crippen LogP contribution in [0.4, 0.5) is 0 Å². The van der Waals surface area contributed by atoms with Crippen LogP contribution in [0.2, 0.25) is 0 Å². The molecule has 0 spiro atoms. The number of phenols is 1. The van der Waals surface area contributed by atoms with Gasteiger partial charge in [0.05, 0.1) is 5.56 Å². The molecule has 0 aliphatic heterocycles. The average molecular weight is 422 g/mol. The van der Waals surface area contributed by atoms with Crippen LogP contribution in [0.25, 0.3) is 5.69 Å². The summed E-state index contributed by atoms with van der Waals surface area (Å²) in [7, 11) is 0. The van der Waals surface area contributed by atoms with Gasteiger partial charge in [-0.25, -0.2) is 0 Å². The molecular formula is C26H18N2O4. The number of rotatable bonds is 5. The molecule has 0 atom stereocenters. The number of benzene rings is 3. The van der Waals surface area contributed by atoms with E-state index < -0.39 is 11.3 Å². The molecule has 32 heavy (non-hydrogen) atoms. The molecule has 6 nitrogen and oxygen atoms in total. The first kappa shape index (κ1) is 20.6. The fourth-order valence-electron chi connectivity index (χ4n) is 3.26. The van der Waals surface area contributed by atoms with Crippen LogP contribution >= 0.6 is 0 Å². The highest BCUT2D eigenvalue weighted by Crippen LogP contribution is 2.24. The van der Waals surface area contributed by atoms with Crippen molar-refractivity contribution in [1.82, 2.24) is 4.57 Å². The van der Waals surface area contributed by atoms with Crippen LogP contribution in [0.1, 0.15) is 27.0 Å².